The first-order chi connectivity index (χ1) is 12.6. The largest absolute Gasteiger partial charge is 0.497 e. The van der Waals surface area contributed by atoms with E-state index in [-0.39, 0.29) is 11.4 Å². The van der Waals surface area contributed by atoms with Gasteiger partial charge in [0.15, 0.2) is 0 Å². The Kier molecular flexibility index (Phi) is 5.88. The zero-order chi connectivity index (χ0) is 18.4. The van der Waals surface area contributed by atoms with Crippen LogP contribution in [0.5, 0.6) is 5.75 Å². The molecule has 1 aliphatic rings. The van der Waals surface area contributed by atoms with E-state index >= 15 is 0 Å². The number of aromatic nitrogens is 2. The van der Waals surface area contributed by atoms with Crippen molar-refractivity contribution in [1.29, 1.82) is 0 Å². The lowest BCUT2D eigenvalue weighted by Crippen LogP contribution is -2.51. The van der Waals surface area contributed by atoms with Crippen LogP contribution in [0.3, 0.4) is 0 Å². The number of nitrogens with one attached hydrogen (secondary N) is 1. The summed E-state index contributed by atoms with van der Waals surface area (Å²) in [6, 6.07) is 7.47. The third-order valence-corrected chi connectivity index (χ3v) is 4.97. The molecule has 0 aliphatic heterocycles. The molecule has 7 heteroatoms. The number of methoxy groups -OCH3 is 1. The van der Waals surface area contributed by atoms with E-state index < -0.39 is 0 Å². The molecule has 3 rings (SSSR count). The summed E-state index contributed by atoms with van der Waals surface area (Å²) in [5.41, 5.74) is 6.53. The molecule has 1 aromatic carbocycles. The minimum Gasteiger partial charge on any atom is -0.497 e. The second-order valence-electron chi connectivity index (χ2n) is 6.83. The van der Waals surface area contributed by atoms with Crippen molar-refractivity contribution in [1.82, 2.24) is 15.5 Å². The van der Waals surface area contributed by atoms with E-state index in [1.807, 2.05) is 24.3 Å². The number of carbonyl (C=O) groups is 1. The predicted molar refractivity (Wildman–Crippen MR) is 97.6 cm³/mol. The van der Waals surface area contributed by atoms with Gasteiger partial charge in [-0.1, -0.05) is 18.0 Å². The Hall–Kier alpha value is -2.41. The van der Waals surface area contributed by atoms with Crippen LogP contribution < -0.4 is 15.8 Å². The van der Waals surface area contributed by atoms with Crippen LogP contribution in [0, 0.1) is 0 Å². The maximum atomic E-state index is 12.2. The summed E-state index contributed by atoms with van der Waals surface area (Å²) < 4.78 is 10.4. The maximum absolute atomic E-state index is 12.2. The highest BCUT2D eigenvalue weighted by Crippen LogP contribution is 2.28. The van der Waals surface area contributed by atoms with Crippen molar-refractivity contribution in [2.75, 3.05) is 13.7 Å². The van der Waals surface area contributed by atoms with Crippen molar-refractivity contribution in [2.45, 2.75) is 50.5 Å². The number of benzene rings is 1. The van der Waals surface area contributed by atoms with Gasteiger partial charge in [0, 0.05) is 24.9 Å². The Morgan fingerprint density at radius 1 is 1.31 bits per heavy atom. The van der Waals surface area contributed by atoms with Gasteiger partial charge in [0.1, 0.15) is 5.75 Å². The summed E-state index contributed by atoms with van der Waals surface area (Å²) in [5.74, 6) is 1.91. The van der Waals surface area contributed by atoms with Crippen molar-refractivity contribution in [3.63, 3.8) is 0 Å². The highest BCUT2D eigenvalue weighted by Gasteiger charge is 2.33. The molecule has 0 bridgehead atoms. The summed E-state index contributed by atoms with van der Waals surface area (Å²) in [4.78, 5) is 16.6. The molecule has 0 saturated heterocycles. The fourth-order valence-corrected chi connectivity index (χ4v) is 3.40. The molecule has 1 heterocycles. The molecule has 3 N–H and O–H groups in total. The molecular formula is C19H26N4O3. The summed E-state index contributed by atoms with van der Waals surface area (Å²) in [6.07, 6.45) is 5.89. The predicted octanol–water partition coefficient (Wildman–Crippen LogP) is 2.46. The molecule has 1 saturated carbocycles. The van der Waals surface area contributed by atoms with Crippen LogP contribution in [0.15, 0.2) is 28.8 Å². The molecule has 140 valence electrons. The Labute approximate surface area is 153 Å². The van der Waals surface area contributed by atoms with Gasteiger partial charge in [0.05, 0.1) is 12.6 Å². The standard InChI is InChI=1S/C19H26N4O3/c1-25-15-9-7-14(8-10-15)18-21-17(26-23-18)6-4-5-16(24)22-19(13-20)11-2-3-12-19/h7-10H,2-6,11-13,20H2,1H3,(H,22,24). The Morgan fingerprint density at radius 2 is 2.04 bits per heavy atom. The van der Waals surface area contributed by atoms with Crippen LogP contribution in [0.25, 0.3) is 11.4 Å². The van der Waals surface area contributed by atoms with E-state index in [1.54, 1.807) is 7.11 Å². The van der Waals surface area contributed by atoms with Gasteiger partial charge in [-0.15, -0.1) is 0 Å². The van der Waals surface area contributed by atoms with Crippen molar-refractivity contribution < 1.29 is 14.1 Å². The molecule has 26 heavy (non-hydrogen) atoms. The molecule has 0 radical (unpaired) electrons. The topological polar surface area (TPSA) is 103 Å². The number of rotatable bonds is 8. The zero-order valence-corrected chi connectivity index (χ0v) is 15.2. The Bertz CT molecular complexity index is 721. The zero-order valence-electron chi connectivity index (χ0n) is 15.2. The summed E-state index contributed by atoms with van der Waals surface area (Å²) in [6.45, 7) is 0.508. The second kappa shape index (κ2) is 8.31. The van der Waals surface area contributed by atoms with Gasteiger partial charge in [-0.2, -0.15) is 4.98 Å². The molecule has 0 atom stereocenters. The first-order valence-corrected chi connectivity index (χ1v) is 9.12. The number of hydrogen-bond acceptors (Lipinski definition) is 6. The maximum Gasteiger partial charge on any atom is 0.226 e. The monoisotopic (exact) mass is 358 g/mol. The average Bonchev–Trinajstić information content (AvgIpc) is 3.32. The van der Waals surface area contributed by atoms with E-state index in [2.05, 4.69) is 15.5 Å². The molecule has 0 spiro atoms. The third kappa shape index (κ3) is 4.40. The van der Waals surface area contributed by atoms with Crippen LogP contribution in [0.1, 0.15) is 44.4 Å². The van der Waals surface area contributed by atoms with Gasteiger partial charge in [0.25, 0.3) is 0 Å². The Balaban J connectivity index is 1.48. The number of nitrogens with two attached hydrogens (primary N) is 1. The highest BCUT2D eigenvalue weighted by atomic mass is 16.5. The number of carbonyl (C=O) groups excluding carboxylic acids is 1. The summed E-state index contributed by atoms with van der Waals surface area (Å²) in [5, 5.41) is 7.13. The van der Waals surface area contributed by atoms with Crippen LogP contribution >= 0.6 is 0 Å². The van der Waals surface area contributed by atoms with Gasteiger partial charge in [-0.3, -0.25) is 4.79 Å². The van der Waals surface area contributed by atoms with E-state index in [9.17, 15) is 4.79 Å². The SMILES string of the molecule is COc1ccc(-c2noc(CCCC(=O)NC3(CN)CCCC3)n2)cc1. The van der Waals surface area contributed by atoms with E-state index in [1.165, 1.54) is 0 Å². The first kappa shape index (κ1) is 18.4. The number of nitrogens with zero attached hydrogens (tertiary/aromatic N) is 2. The summed E-state index contributed by atoms with van der Waals surface area (Å²) >= 11 is 0. The van der Waals surface area contributed by atoms with Crippen molar-refractivity contribution in [3.05, 3.63) is 30.2 Å². The molecule has 7 nitrogen and oxygen atoms in total. The lowest BCUT2D eigenvalue weighted by molar-refractivity contribution is -0.123. The molecule has 1 amide bonds. The van der Waals surface area contributed by atoms with E-state index in [0.29, 0.717) is 37.5 Å². The fourth-order valence-electron chi connectivity index (χ4n) is 3.40. The third-order valence-electron chi connectivity index (χ3n) is 4.97. The number of aryl methyl sites for hydroxylation is 1. The van der Waals surface area contributed by atoms with Crippen LogP contribution in [-0.4, -0.2) is 35.2 Å². The summed E-state index contributed by atoms with van der Waals surface area (Å²) in [7, 11) is 1.62. The average molecular weight is 358 g/mol. The quantitative estimate of drug-likeness (QED) is 0.751. The molecular weight excluding hydrogens is 332 g/mol. The number of amides is 1. The minimum absolute atomic E-state index is 0.0484. The highest BCUT2D eigenvalue weighted by molar-refractivity contribution is 5.76. The second-order valence-corrected chi connectivity index (χ2v) is 6.83. The molecule has 1 aliphatic carbocycles. The van der Waals surface area contributed by atoms with Crippen LogP contribution in [-0.2, 0) is 11.2 Å². The van der Waals surface area contributed by atoms with E-state index in [4.69, 9.17) is 15.0 Å². The van der Waals surface area contributed by atoms with Crippen molar-refractivity contribution in [3.8, 4) is 17.1 Å². The fraction of sp³-hybridized carbons (Fsp3) is 0.526. The van der Waals surface area contributed by atoms with Crippen LogP contribution in [0.2, 0.25) is 0 Å². The van der Waals surface area contributed by atoms with Crippen molar-refractivity contribution in [2.24, 2.45) is 5.73 Å². The lowest BCUT2D eigenvalue weighted by Gasteiger charge is -2.28. The number of ether oxygens (including phenoxy) is 1. The van der Waals surface area contributed by atoms with Gasteiger partial charge in [0.2, 0.25) is 17.6 Å². The van der Waals surface area contributed by atoms with Crippen molar-refractivity contribution >= 4 is 5.91 Å². The van der Waals surface area contributed by atoms with Gasteiger partial charge in [-0.25, -0.2) is 0 Å². The lowest BCUT2D eigenvalue weighted by atomic mass is 9.97. The molecule has 2 aromatic rings. The molecule has 1 fully saturated rings. The first-order valence-electron chi connectivity index (χ1n) is 9.12. The minimum atomic E-state index is -0.191. The molecule has 0 unspecified atom stereocenters. The van der Waals surface area contributed by atoms with Gasteiger partial charge >= 0.3 is 0 Å². The molecule has 1 aromatic heterocycles. The number of hydrogen-bond donors (Lipinski definition) is 2. The van der Waals surface area contributed by atoms with Gasteiger partial charge in [-0.05, 0) is 43.5 Å². The smallest absolute Gasteiger partial charge is 0.226 e. The van der Waals surface area contributed by atoms with Gasteiger partial charge < -0.3 is 20.3 Å². The Morgan fingerprint density at radius 3 is 2.69 bits per heavy atom. The van der Waals surface area contributed by atoms with Crippen LogP contribution in [0.4, 0.5) is 0 Å². The normalized spacial score (nSPS) is 15.8. The van der Waals surface area contributed by atoms with E-state index in [0.717, 1.165) is 37.0 Å².